The molecule has 0 atom stereocenters. The molecule has 1 aliphatic rings. The number of thiophene rings is 1. The van der Waals surface area contributed by atoms with Crippen LogP contribution in [0.2, 0.25) is 0 Å². The van der Waals surface area contributed by atoms with Crippen molar-refractivity contribution in [3.05, 3.63) is 25.5 Å². The summed E-state index contributed by atoms with van der Waals surface area (Å²) >= 11 is 4.49. The standard InChI is InChI=1S/C11H15BrN2O3S/c12-10-8-9(18-11(10)14(15)16)2-1-3-13-4-6-17-7-5-13/h8H,1-7H2. The van der Waals surface area contributed by atoms with Crippen LogP contribution >= 0.6 is 27.3 Å². The highest BCUT2D eigenvalue weighted by Crippen LogP contribution is 2.34. The van der Waals surface area contributed by atoms with Crippen LogP contribution in [0.1, 0.15) is 11.3 Å². The first-order valence-electron chi connectivity index (χ1n) is 5.89. The summed E-state index contributed by atoms with van der Waals surface area (Å²) in [5, 5.41) is 10.9. The van der Waals surface area contributed by atoms with Gasteiger partial charge in [0.15, 0.2) is 0 Å². The van der Waals surface area contributed by atoms with E-state index in [-0.39, 0.29) is 9.92 Å². The molecule has 100 valence electrons. The molecule has 1 fully saturated rings. The normalized spacial score (nSPS) is 16.9. The van der Waals surface area contributed by atoms with Crippen LogP contribution in [-0.2, 0) is 11.2 Å². The summed E-state index contributed by atoms with van der Waals surface area (Å²) in [4.78, 5) is 13.8. The van der Waals surface area contributed by atoms with Gasteiger partial charge in [0, 0.05) is 18.0 Å². The molecule has 0 aliphatic carbocycles. The summed E-state index contributed by atoms with van der Waals surface area (Å²) < 4.78 is 5.89. The van der Waals surface area contributed by atoms with E-state index in [2.05, 4.69) is 20.8 Å². The van der Waals surface area contributed by atoms with E-state index in [0.29, 0.717) is 4.47 Å². The van der Waals surface area contributed by atoms with Crippen LogP contribution in [0.15, 0.2) is 10.5 Å². The Morgan fingerprint density at radius 2 is 2.22 bits per heavy atom. The molecule has 5 nitrogen and oxygen atoms in total. The average molecular weight is 335 g/mol. The highest BCUT2D eigenvalue weighted by Gasteiger charge is 2.17. The van der Waals surface area contributed by atoms with Gasteiger partial charge < -0.3 is 4.74 Å². The van der Waals surface area contributed by atoms with E-state index >= 15 is 0 Å². The van der Waals surface area contributed by atoms with Gasteiger partial charge in [0.25, 0.3) is 0 Å². The molecule has 0 bridgehead atoms. The maximum atomic E-state index is 10.7. The van der Waals surface area contributed by atoms with Gasteiger partial charge in [0.2, 0.25) is 0 Å². The number of ether oxygens (including phenoxy) is 1. The van der Waals surface area contributed by atoms with Crippen molar-refractivity contribution in [3.63, 3.8) is 0 Å². The summed E-state index contributed by atoms with van der Waals surface area (Å²) in [6.45, 7) is 4.65. The number of nitrogens with zero attached hydrogens (tertiary/aromatic N) is 2. The number of aryl methyl sites for hydroxylation is 1. The van der Waals surface area contributed by atoms with Crippen LogP contribution in [0, 0.1) is 10.1 Å². The van der Waals surface area contributed by atoms with Crippen LogP contribution in [0.4, 0.5) is 5.00 Å². The molecule has 0 spiro atoms. The van der Waals surface area contributed by atoms with Crippen molar-refractivity contribution in [2.45, 2.75) is 12.8 Å². The number of rotatable bonds is 5. The number of morpholine rings is 1. The minimum absolute atomic E-state index is 0.205. The predicted octanol–water partition coefficient (Wildman–Crippen LogP) is 2.68. The van der Waals surface area contributed by atoms with E-state index in [1.165, 1.54) is 11.3 Å². The number of hydrogen-bond donors (Lipinski definition) is 0. The first-order valence-corrected chi connectivity index (χ1v) is 7.50. The zero-order valence-corrected chi connectivity index (χ0v) is 12.3. The molecule has 0 N–H and O–H groups in total. The van der Waals surface area contributed by atoms with Gasteiger partial charge in [-0.2, -0.15) is 0 Å². The van der Waals surface area contributed by atoms with E-state index in [4.69, 9.17) is 4.74 Å². The predicted molar refractivity (Wildman–Crippen MR) is 74.3 cm³/mol. The number of hydrogen-bond acceptors (Lipinski definition) is 5. The minimum atomic E-state index is -0.333. The van der Waals surface area contributed by atoms with E-state index in [1.807, 2.05) is 6.07 Å². The van der Waals surface area contributed by atoms with Gasteiger partial charge in [0.05, 0.1) is 18.1 Å². The maximum Gasteiger partial charge on any atom is 0.338 e. The molecule has 7 heteroatoms. The SMILES string of the molecule is O=[N+]([O-])c1sc(CCCN2CCOCC2)cc1Br. The van der Waals surface area contributed by atoms with Gasteiger partial charge in [-0.3, -0.25) is 15.0 Å². The molecule has 2 rings (SSSR count). The largest absolute Gasteiger partial charge is 0.379 e. The fourth-order valence-electron chi connectivity index (χ4n) is 1.95. The topological polar surface area (TPSA) is 55.6 Å². The molecular weight excluding hydrogens is 320 g/mol. The van der Waals surface area contributed by atoms with Crippen LogP contribution < -0.4 is 0 Å². The van der Waals surface area contributed by atoms with Gasteiger partial charge in [-0.25, -0.2) is 0 Å². The fraction of sp³-hybridized carbons (Fsp3) is 0.636. The van der Waals surface area contributed by atoms with Gasteiger partial charge in [-0.1, -0.05) is 11.3 Å². The second-order valence-corrected chi connectivity index (χ2v) is 6.15. The maximum absolute atomic E-state index is 10.7. The van der Waals surface area contributed by atoms with Crippen molar-refractivity contribution in [2.75, 3.05) is 32.8 Å². The van der Waals surface area contributed by atoms with Gasteiger partial charge in [0.1, 0.15) is 4.47 Å². The van der Waals surface area contributed by atoms with Crippen LogP contribution in [0.25, 0.3) is 0 Å². The molecule has 1 aromatic rings. The molecule has 2 heterocycles. The van der Waals surface area contributed by atoms with Crippen molar-refractivity contribution in [2.24, 2.45) is 0 Å². The summed E-state index contributed by atoms with van der Waals surface area (Å²) in [6, 6.07) is 1.86. The minimum Gasteiger partial charge on any atom is -0.379 e. The molecule has 1 aliphatic heterocycles. The van der Waals surface area contributed by atoms with E-state index in [1.54, 1.807) is 0 Å². The summed E-state index contributed by atoms with van der Waals surface area (Å²) in [5.41, 5.74) is 0. The smallest absolute Gasteiger partial charge is 0.338 e. The molecule has 0 aromatic carbocycles. The van der Waals surface area contributed by atoms with Gasteiger partial charge in [-0.15, -0.1) is 0 Å². The van der Waals surface area contributed by atoms with E-state index < -0.39 is 0 Å². The number of halogens is 1. The Bertz CT molecular complexity index is 418. The lowest BCUT2D eigenvalue weighted by Gasteiger charge is -2.26. The molecule has 0 unspecified atom stereocenters. The Morgan fingerprint density at radius 3 is 2.83 bits per heavy atom. The van der Waals surface area contributed by atoms with Crippen LogP contribution in [0.5, 0.6) is 0 Å². The van der Waals surface area contributed by atoms with Crippen molar-refractivity contribution in [1.82, 2.24) is 4.90 Å². The zero-order valence-electron chi connectivity index (χ0n) is 9.93. The Hall–Kier alpha value is -0.500. The first-order chi connectivity index (χ1) is 8.66. The molecule has 0 amide bonds. The quantitative estimate of drug-likeness (QED) is 0.613. The van der Waals surface area contributed by atoms with E-state index in [0.717, 1.165) is 50.6 Å². The fourth-order valence-corrected chi connectivity index (χ4v) is 3.67. The Balaban J connectivity index is 1.79. The van der Waals surface area contributed by atoms with Crippen molar-refractivity contribution in [1.29, 1.82) is 0 Å². The highest BCUT2D eigenvalue weighted by molar-refractivity contribution is 9.10. The average Bonchev–Trinajstić information content (AvgIpc) is 2.72. The number of nitro groups is 1. The molecule has 18 heavy (non-hydrogen) atoms. The summed E-state index contributed by atoms with van der Waals surface area (Å²) in [5.74, 6) is 0. The second-order valence-electron chi connectivity index (χ2n) is 4.18. The molecule has 0 radical (unpaired) electrons. The molecule has 0 saturated carbocycles. The van der Waals surface area contributed by atoms with Crippen molar-refractivity contribution in [3.8, 4) is 0 Å². The second kappa shape index (κ2) is 6.60. The lowest BCUT2D eigenvalue weighted by Crippen LogP contribution is -2.36. The third-order valence-corrected chi connectivity index (χ3v) is 4.90. The monoisotopic (exact) mass is 334 g/mol. The highest BCUT2D eigenvalue weighted by atomic mass is 79.9. The first kappa shape index (κ1) is 13.9. The Morgan fingerprint density at radius 1 is 1.50 bits per heavy atom. The summed E-state index contributed by atoms with van der Waals surface area (Å²) in [6.07, 6.45) is 1.93. The van der Waals surface area contributed by atoms with Crippen molar-refractivity contribution < 1.29 is 9.66 Å². The Kier molecular flexibility index (Phi) is 5.11. The third-order valence-electron chi connectivity index (χ3n) is 2.89. The summed E-state index contributed by atoms with van der Waals surface area (Å²) in [7, 11) is 0. The van der Waals surface area contributed by atoms with Crippen LogP contribution in [-0.4, -0.2) is 42.7 Å². The van der Waals surface area contributed by atoms with Gasteiger partial charge in [-0.05, 0) is 41.4 Å². The molecular formula is C11H15BrN2O3S. The molecule has 1 saturated heterocycles. The lowest BCUT2D eigenvalue weighted by atomic mass is 10.2. The van der Waals surface area contributed by atoms with Gasteiger partial charge >= 0.3 is 5.00 Å². The van der Waals surface area contributed by atoms with Crippen LogP contribution in [0.3, 0.4) is 0 Å². The Labute approximate surface area is 118 Å². The third kappa shape index (κ3) is 3.74. The molecule has 1 aromatic heterocycles. The lowest BCUT2D eigenvalue weighted by molar-refractivity contribution is -0.380. The van der Waals surface area contributed by atoms with Crippen molar-refractivity contribution >= 4 is 32.3 Å². The van der Waals surface area contributed by atoms with E-state index in [9.17, 15) is 10.1 Å². The zero-order chi connectivity index (χ0) is 13.0.